The van der Waals surface area contributed by atoms with Crippen molar-refractivity contribution in [1.29, 1.82) is 0 Å². The minimum absolute atomic E-state index is 0.0440. The standard InChI is InChI=1S/C8H8BrClO2/c1-4-3-5(10)8(12-2)7(11)6(4)9/h3,11H,1-2H3. The number of benzene rings is 1. The summed E-state index contributed by atoms with van der Waals surface area (Å²) in [4.78, 5) is 0. The lowest BCUT2D eigenvalue weighted by Crippen LogP contribution is -1.87. The maximum Gasteiger partial charge on any atom is 0.180 e. The normalized spacial score (nSPS) is 10.0. The van der Waals surface area contributed by atoms with Crippen LogP contribution in [-0.4, -0.2) is 12.2 Å². The second-order valence-corrected chi connectivity index (χ2v) is 3.57. The van der Waals surface area contributed by atoms with Gasteiger partial charge in [-0.3, -0.25) is 0 Å². The van der Waals surface area contributed by atoms with E-state index in [2.05, 4.69) is 15.9 Å². The second-order valence-electron chi connectivity index (χ2n) is 2.37. The van der Waals surface area contributed by atoms with Crippen LogP contribution in [0, 0.1) is 6.92 Å². The monoisotopic (exact) mass is 250 g/mol. The van der Waals surface area contributed by atoms with Gasteiger partial charge in [0.25, 0.3) is 0 Å². The number of halogens is 2. The van der Waals surface area contributed by atoms with Gasteiger partial charge in [0.15, 0.2) is 11.5 Å². The van der Waals surface area contributed by atoms with Gasteiger partial charge in [0.1, 0.15) is 0 Å². The highest BCUT2D eigenvalue weighted by Gasteiger charge is 2.12. The van der Waals surface area contributed by atoms with Crippen LogP contribution in [-0.2, 0) is 0 Å². The van der Waals surface area contributed by atoms with Gasteiger partial charge in [0.05, 0.1) is 16.6 Å². The Morgan fingerprint density at radius 3 is 2.67 bits per heavy atom. The Morgan fingerprint density at radius 1 is 1.58 bits per heavy atom. The molecule has 0 saturated heterocycles. The molecule has 2 nitrogen and oxygen atoms in total. The molecule has 0 radical (unpaired) electrons. The Kier molecular flexibility index (Phi) is 2.85. The molecule has 0 aliphatic heterocycles. The SMILES string of the molecule is COc1c(Cl)cc(C)c(Br)c1O. The number of rotatable bonds is 1. The van der Waals surface area contributed by atoms with Crippen LogP contribution in [0.25, 0.3) is 0 Å². The van der Waals surface area contributed by atoms with Crippen molar-refractivity contribution in [1.82, 2.24) is 0 Å². The highest BCUT2D eigenvalue weighted by Crippen LogP contribution is 2.41. The van der Waals surface area contributed by atoms with Crippen molar-refractivity contribution < 1.29 is 9.84 Å². The number of aryl methyl sites for hydroxylation is 1. The number of aromatic hydroxyl groups is 1. The van der Waals surface area contributed by atoms with Crippen molar-refractivity contribution in [3.63, 3.8) is 0 Å². The van der Waals surface area contributed by atoms with Crippen molar-refractivity contribution in [2.45, 2.75) is 6.92 Å². The van der Waals surface area contributed by atoms with Gasteiger partial charge in [-0.25, -0.2) is 0 Å². The Morgan fingerprint density at radius 2 is 2.17 bits per heavy atom. The van der Waals surface area contributed by atoms with Crippen LogP contribution in [0.4, 0.5) is 0 Å². The molecule has 1 aromatic rings. The van der Waals surface area contributed by atoms with E-state index >= 15 is 0 Å². The predicted molar refractivity (Wildman–Crippen MR) is 52.1 cm³/mol. The smallest absolute Gasteiger partial charge is 0.180 e. The Hall–Kier alpha value is -0.410. The number of phenols is 1. The van der Waals surface area contributed by atoms with Gasteiger partial charge in [0.2, 0.25) is 0 Å². The molecule has 66 valence electrons. The third-order valence-corrected chi connectivity index (χ3v) is 2.82. The van der Waals surface area contributed by atoms with Crippen LogP contribution in [0.5, 0.6) is 11.5 Å². The van der Waals surface area contributed by atoms with Crippen LogP contribution in [0.2, 0.25) is 5.02 Å². The number of hydrogen-bond donors (Lipinski definition) is 1. The summed E-state index contributed by atoms with van der Waals surface area (Å²) in [6.45, 7) is 1.84. The molecule has 0 atom stereocenters. The predicted octanol–water partition coefficient (Wildman–Crippen LogP) is 3.13. The molecule has 0 amide bonds. The molecular formula is C8H8BrClO2. The molecule has 0 spiro atoms. The van der Waals surface area contributed by atoms with E-state index in [1.165, 1.54) is 7.11 Å². The zero-order chi connectivity index (χ0) is 9.30. The lowest BCUT2D eigenvalue weighted by atomic mass is 10.2. The van der Waals surface area contributed by atoms with Crippen molar-refractivity contribution in [2.24, 2.45) is 0 Å². The van der Waals surface area contributed by atoms with Gasteiger partial charge in [-0.15, -0.1) is 0 Å². The highest BCUT2D eigenvalue weighted by molar-refractivity contribution is 9.10. The summed E-state index contributed by atoms with van der Waals surface area (Å²) in [5, 5.41) is 9.92. The molecule has 1 aromatic carbocycles. The van der Waals surface area contributed by atoms with Gasteiger partial charge in [-0.2, -0.15) is 0 Å². The molecule has 1 rings (SSSR count). The van der Waals surface area contributed by atoms with Gasteiger partial charge in [0, 0.05) is 0 Å². The maximum atomic E-state index is 9.50. The van der Waals surface area contributed by atoms with Gasteiger partial charge in [-0.1, -0.05) is 11.6 Å². The fraction of sp³-hybridized carbons (Fsp3) is 0.250. The Bertz CT molecular complexity index is 312. The fourth-order valence-corrected chi connectivity index (χ4v) is 1.54. The molecule has 12 heavy (non-hydrogen) atoms. The van der Waals surface area contributed by atoms with Crippen LogP contribution in [0.15, 0.2) is 10.5 Å². The van der Waals surface area contributed by atoms with Crippen molar-refractivity contribution in [2.75, 3.05) is 7.11 Å². The van der Waals surface area contributed by atoms with E-state index in [1.54, 1.807) is 6.07 Å². The average molecular weight is 252 g/mol. The molecule has 0 fully saturated rings. The molecule has 0 bridgehead atoms. The van der Waals surface area contributed by atoms with Crippen LogP contribution in [0.3, 0.4) is 0 Å². The summed E-state index contributed by atoms with van der Waals surface area (Å²) in [7, 11) is 1.46. The van der Waals surface area contributed by atoms with Crippen LogP contribution < -0.4 is 4.74 Å². The lowest BCUT2D eigenvalue weighted by Gasteiger charge is -2.08. The van der Waals surface area contributed by atoms with E-state index in [0.29, 0.717) is 15.2 Å². The molecular weight excluding hydrogens is 243 g/mol. The number of methoxy groups -OCH3 is 1. The third-order valence-electron chi connectivity index (χ3n) is 1.53. The molecule has 4 heteroatoms. The van der Waals surface area contributed by atoms with Crippen molar-refractivity contribution in [3.05, 3.63) is 21.1 Å². The Labute approximate surface area is 84.2 Å². The largest absolute Gasteiger partial charge is 0.503 e. The summed E-state index contributed by atoms with van der Waals surface area (Å²) in [6.07, 6.45) is 0. The molecule has 0 aliphatic rings. The van der Waals surface area contributed by atoms with Crippen molar-refractivity contribution in [3.8, 4) is 11.5 Å². The number of hydrogen-bond acceptors (Lipinski definition) is 2. The molecule has 1 N–H and O–H groups in total. The van der Waals surface area contributed by atoms with E-state index in [4.69, 9.17) is 16.3 Å². The van der Waals surface area contributed by atoms with E-state index in [1.807, 2.05) is 6.92 Å². The van der Waals surface area contributed by atoms with E-state index < -0.39 is 0 Å². The minimum Gasteiger partial charge on any atom is -0.503 e. The maximum absolute atomic E-state index is 9.50. The lowest BCUT2D eigenvalue weighted by molar-refractivity contribution is 0.372. The van der Waals surface area contributed by atoms with Gasteiger partial charge >= 0.3 is 0 Å². The second kappa shape index (κ2) is 3.54. The van der Waals surface area contributed by atoms with E-state index in [-0.39, 0.29) is 5.75 Å². The Balaban J connectivity index is 3.40. The summed E-state index contributed by atoms with van der Waals surface area (Å²) in [6, 6.07) is 1.73. The number of ether oxygens (including phenoxy) is 1. The first-order valence-corrected chi connectivity index (χ1v) is 4.46. The van der Waals surface area contributed by atoms with Crippen molar-refractivity contribution >= 4 is 27.5 Å². The van der Waals surface area contributed by atoms with Gasteiger partial charge < -0.3 is 9.84 Å². The zero-order valence-electron chi connectivity index (χ0n) is 6.69. The van der Waals surface area contributed by atoms with E-state index in [0.717, 1.165) is 5.56 Å². The van der Waals surface area contributed by atoms with Crippen LogP contribution >= 0.6 is 27.5 Å². The molecule has 0 aliphatic carbocycles. The quantitative estimate of drug-likeness (QED) is 0.831. The molecule has 0 aromatic heterocycles. The highest BCUT2D eigenvalue weighted by atomic mass is 79.9. The first kappa shape index (κ1) is 9.68. The minimum atomic E-state index is 0.0440. The zero-order valence-corrected chi connectivity index (χ0v) is 9.03. The third kappa shape index (κ3) is 1.52. The van der Waals surface area contributed by atoms with Gasteiger partial charge in [-0.05, 0) is 34.5 Å². The summed E-state index contributed by atoms with van der Waals surface area (Å²) >= 11 is 9.02. The molecule has 0 unspecified atom stereocenters. The first-order chi connectivity index (χ1) is 5.57. The summed E-state index contributed by atoms with van der Waals surface area (Å²) in [5.74, 6) is 0.344. The summed E-state index contributed by atoms with van der Waals surface area (Å²) < 4.78 is 5.51. The fourth-order valence-electron chi connectivity index (χ4n) is 0.913. The average Bonchev–Trinajstić information content (AvgIpc) is 2.01. The topological polar surface area (TPSA) is 29.5 Å². The number of phenolic OH excluding ortho intramolecular Hbond substituents is 1. The summed E-state index contributed by atoms with van der Waals surface area (Å²) in [5.41, 5.74) is 0.873. The molecule has 0 heterocycles. The van der Waals surface area contributed by atoms with E-state index in [9.17, 15) is 5.11 Å². The van der Waals surface area contributed by atoms with Crippen LogP contribution in [0.1, 0.15) is 5.56 Å². The first-order valence-electron chi connectivity index (χ1n) is 3.29. The molecule has 0 saturated carbocycles.